The van der Waals surface area contributed by atoms with Gasteiger partial charge in [0.2, 0.25) is 5.91 Å². The fourth-order valence-corrected chi connectivity index (χ4v) is 4.37. The van der Waals surface area contributed by atoms with E-state index in [9.17, 15) is 18.7 Å². The molecule has 0 aliphatic carbocycles. The zero-order valence-electron chi connectivity index (χ0n) is 18.1. The summed E-state index contributed by atoms with van der Waals surface area (Å²) in [7, 11) is 0. The molecular weight excluding hydrogens is 408 g/mol. The van der Waals surface area contributed by atoms with Crippen molar-refractivity contribution in [3.05, 3.63) is 51.5 Å². The van der Waals surface area contributed by atoms with E-state index in [1.165, 1.54) is 19.1 Å². The lowest BCUT2D eigenvalue weighted by molar-refractivity contribution is -0.120. The molecular formula is C22H31F2N3O2S. The molecule has 0 bridgehead atoms. The molecule has 2 atom stereocenters. The average molecular weight is 440 g/mol. The third-order valence-electron chi connectivity index (χ3n) is 4.74. The number of rotatable bonds is 10. The van der Waals surface area contributed by atoms with E-state index in [1.54, 1.807) is 11.3 Å². The standard InChI is InChI=1S/C22H31F2N3O2S/c1-13(2)6-21-25-12-20(30-21)22(4,5)26-11-19(29)18(27-14(3)28)9-15-7-16(23)10-17(24)8-15/h7-8,10,12-13,18-19,26,29H,6,9,11H2,1-5H3,(H,27,28)/t18-,19-/m1/s1. The molecule has 0 fully saturated rings. The van der Waals surface area contributed by atoms with Crippen molar-refractivity contribution >= 4 is 17.2 Å². The maximum absolute atomic E-state index is 13.5. The van der Waals surface area contributed by atoms with E-state index < -0.39 is 29.3 Å². The molecule has 3 N–H and O–H groups in total. The smallest absolute Gasteiger partial charge is 0.217 e. The van der Waals surface area contributed by atoms with Crippen LogP contribution in [0.5, 0.6) is 0 Å². The summed E-state index contributed by atoms with van der Waals surface area (Å²) in [4.78, 5) is 17.1. The molecule has 0 saturated heterocycles. The van der Waals surface area contributed by atoms with Gasteiger partial charge in [-0.25, -0.2) is 13.8 Å². The van der Waals surface area contributed by atoms with Gasteiger partial charge in [-0.05, 0) is 43.9 Å². The molecule has 0 aliphatic heterocycles. The minimum atomic E-state index is -0.956. The van der Waals surface area contributed by atoms with Crippen molar-refractivity contribution in [2.24, 2.45) is 5.92 Å². The molecule has 5 nitrogen and oxygen atoms in total. The average Bonchev–Trinajstić information content (AvgIpc) is 3.06. The van der Waals surface area contributed by atoms with Crippen LogP contribution in [0.15, 0.2) is 24.4 Å². The van der Waals surface area contributed by atoms with E-state index in [4.69, 9.17) is 0 Å². The van der Waals surface area contributed by atoms with Gasteiger partial charge in [0, 0.05) is 42.6 Å². The van der Waals surface area contributed by atoms with Crippen LogP contribution < -0.4 is 10.6 Å². The second-order valence-corrected chi connectivity index (χ2v) is 9.69. The first kappa shape index (κ1) is 24.4. The van der Waals surface area contributed by atoms with Crippen LogP contribution in [-0.4, -0.2) is 34.7 Å². The number of hydrogen-bond donors (Lipinski definition) is 3. The summed E-state index contributed by atoms with van der Waals surface area (Å²) in [6, 6.07) is 2.51. The predicted molar refractivity (Wildman–Crippen MR) is 115 cm³/mol. The molecule has 1 amide bonds. The number of nitrogens with one attached hydrogen (secondary N) is 2. The van der Waals surface area contributed by atoms with Crippen molar-refractivity contribution in [3.8, 4) is 0 Å². The molecule has 2 aromatic rings. The third kappa shape index (κ3) is 7.41. The second-order valence-electron chi connectivity index (χ2n) is 8.58. The summed E-state index contributed by atoms with van der Waals surface area (Å²) in [6.45, 7) is 9.83. The van der Waals surface area contributed by atoms with Gasteiger partial charge in [0.05, 0.1) is 17.2 Å². The van der Waals surface area contributed by atoms with Crippen molar-refractivity contribution in [1.82, 2.24) is 15.6 Å². The Balaban J connectivity index is 2.06. The number of benzene rings is 1. The number of halogens is 2. The van der Waals surface area contributed by atoms with E-state index in [-0.39, 0.29) is 18.9 Å². The molecule has 2 rings (SSSR count). The van der Waals surface area contributed by atoms with Crippen LogP contribution in [-0.2, 0) is 23.2 Å². The highest BCUT2D eigenvalue weighted by molar-refractivity contribution is 7.11. The Bertz CT molecular complexity index is 834. The van der Waals surface area contributed by atoms with Crippen LogP contribution in [0.4, 0.5) is 8.78 Å². The predicted octanol–water partition coefficient (Wildman–Crippen LogP) is 3.55. The molecule has 1 aromatic heterocycles. The summed E-state index contributed by atoms with van der Waals surface area (Å²) < 4.78 is 27.0. The van der Waals surface area contributed by atoms with Crippen LogP contribution in [0.1, 0.15) is 50.1 Å². The summed E-state index contributed by atoms with van der Waals surface area (Å²) >= 11 is 1.64. The first-order valence-electron chi connectivity index (χ1n) is 10.1. The Kier molecular flexibility index (Phi) is 8.46. The summed E-state index contributed by atoms with van der Waals surface area (Å²) in [5.74, 6) is -1.19. The Morgan fingerprint density at radius 2 is 1.83 bits per heavy atom. The van der Waals surface area contributed by atoms with Crippen molar-refractivity contribution in [2.45, 2.75) is 65.1 Å². The van der Waals surface area contributed by atoms with Gasteiger partial charge in [-0.2, -0.15) is 0 Å². The van der Waals surface area contributed by atoms with Crippen molar-refractivity contribution in [3.63, 3.8) is 0 Å². The quantitative estimate of drug-likeness (QED) is 0.529. The Hall–Kier alpha value is -1.90. The number of carbonyl (C=O) groups is 1. The lowest BCUT2D eigenvalue weighted by Gasteiger charge is -2.30. The number of hydrogen-bond acceptors (Lipinski definition) is 5. The van der Waals surface area contributed by atoms with Crippen LogP contribution in [0.25, 0.3) is 0 Å². The van der Waals surface area contributed by atoms with Gasteiger partial charge in [-0.15, -0.1) is 11.3 Å². The number of nitrogens with zero attached hydrogens (tertiary/aromatic N) is 1. The lowest BCUT2D eigenvalue weighted by Crippen LogP contribution is -2.50. The summed E-state index contributed by atoms with van der Waals surface area (Å²) in [5, 5.41) is 17.8. The number of carbonyl (C=O) groups excluding carboxylic acids is 1. The highest BCUT2D eigenvalue weighted by Crippen LogP contribution is 2.27. The molecule has 0 unspecified atom stereocenters. The van der Waals surface area contributed by atoms with Crippen molar-refractivity contribution < 1.29 is 18.7 Å². The normalized spacial score (nSPS) is 14.0. The van der Waals surface area contributed by atoms with Gasteiger partial charge >= 0.3 is 0 Å². The molecule has 8 heteroatoms. The van der Waals surface area contributed by atoms with E-state index in [1.807, 2.05) is 20.0 Å². The van der Waals surface area contributed by atoms with E-state index in [2.05, 4.69) is 29.5 Å². The Morgan fingerprint density at radius 1 is 1.20 bits per heavy atom. The van der Waals surface area contributed by atoms with Crippen LogP contribution in [0.2, 0.25) is 0 Å². The van der Waals surface area contributed by atoms with Gasteiger partial charge in [0.25, 0.3) is 0 Å². The van der Waals surface area contributed by atoms with Crippen molar-refractivity contribution in [1.29, 1.82) is 0 Å². The summed E-state index contributed by atoms with van der Waals surface area (Å²) in [6.07, 6.45) is 1.92. The van der Waals surface area contributed by atoms with E-state index >= 15 is 0 Å². The number of amides is 1. The van der Waals surface area contributed by atoms with Crippen LogP contribution >= 0.6 is 11.3 Å². The SMILES string of the molecule is CC(=O)N[C@H](Cc1cc(F)cc(F)c1)[C@H](O)CNC(C)(C)c1cnc(CC(C)C)s1. The molecule has 166 valence electrons. The summed E-state index contributed by atoms with van der Waals surface area (Å²) in [5.41, 5.74) is -0.0649. The highest BCUT2D eigenvalue weighted by Gasteiger charge is 2.27. The minimum absolute atomic E-state index is 0.108. The molecule has 0 saturated carbocycles. The van der Waals surface area contributed by atoms with Gasteiger partial charge in [0.15, 0.2) is 0 Å². The fraction of sp³-hybridized carbons (Fsp3) is 0.545. The van der Waals surface area contributed by atoms with Gasteiger partial charge in [-0.3, -0.25) is 4.79 Å². The number of aliphatic hydroxyl groups is 1. The van der Waals surface area contributed by atoms with Gasteiger partial charge < -0.3 is 15.7 Å². The fourth-order valence-electron chi connectivity index (χ4n) is 3.16. The van der Waals surface area contributed by atoms with Crippen LogP contribution in [0, 0.1) is 17.6 Å². The zero-order valence-corrected chi connectivity index (χ0v) is 18.9. The number of aliphatic hydroxyl groups excluding tert-OH is 1. The number of aromatic nitrogens is 1. The molecule has 0 spiro atoms. The maximum Gasteiger partial charge on any atom is 0.217 e. The minimum Gasteiger partial charge on any atom is -0.390 e. The topological polar surface area (TPSA) is 74.2 Å². The Morgan fingerprint density at radius 3 is 2.40 bits per heavy atom. The Labute approximate surface area is 180 Å². The van der Waals surface area contributed by atoms with Crippen molar-refractivity contribution in [2.75, 3.05) is 6.54 Å². The number of thiazole rings is 1. The second kappa shape index (κ2) is 10.4. The molecule has 1 heterocycles. The zero-order chi connectivity index (χ0) is 22.5. The maximum atomic E-state index is 13.5. The molecule has 0 aliphatic rings. The monoisotopic (exact) mass is 439 g/mol. The molecule has 30 heavy (non-hydrogen) atoms. The highest BCUT2D eigenvalue weighted by atomic mass is 32.1. The largest absolute Gasteiger partial charge is 0.390 e. The van der Waals surface area contributed by atoms with Crippen LogP contribution in [0.3, 0.4) is 0 Å². The first-order valence-corrected chi connectivity index (χ1v) is 10.9. The van der Waals surface area contributed by atoms with Gasteiger partial charge in [0.1, 0.15) is 11.6 Å². The lowest BCUT2D eigenvalue weighted by atomic mass is 9.98. The van der Waals surface area contributed by atoms with E-state index in [0.29, 0.717) is 11.5 Å². The van der Waals surface area contributed by atoms with Gasteiger partial charge in [-0.1, -0.05) is 13.8 Å². The molecule has 0 radical (unpaired) electrons. The first-order chi connectivity index (χ1) is 14.0. The molecule has 1 aromatic carbocycles. The van der Waals surface area contributed by atoms with E-state index in [0.717, 1.165) is 22.4 Å². The third-order valence-corrected chi connectivity index (χ3v) is 6.08.